The number of likely N-dealkylation sites (N-methyl/N-ethyl adjacent to an activating group) is 1. The summed E-state index contributed by atoms with van der Waals surface area (Å²) in [5.74, 6) is -0.226. The van der Waals surface area contributed by atoms with E-state index in [2.05, 4.69) is 45.6 Å². The van der Waals surface area contributed by atoms with E-state index >= 15 is 0 Å². The molecule has 1 N–H and O–H groups in total. The quantitative estimate of drug-likeness (QED) is 0.743. The fourth-order valence-electron chi connectivity index (χ4n) is 2.15. The minimum Gasteiger partial charge on any atom is -0.347 e. The van der Waals surface area contributed by atoms with Crippen LogP contribution in [-0.4, -0.2) is 50.9 Å². The third-order valence-electron chi connectivity index (χ3n) is 3.70. The van der Waals surface area contributed by atoms with Crippen molar-refractivity contribution in [2.24, 2.45) is 0 Å². The van der Waals surface area contributed by atoms with Gasteiger partial charge in [0.1, 0.15) is 0 Å². The summed E-state index contributed by atoms with van der Waals surface area (Å²) in [4.78, 5) is 18.2. The van der Waals surface area contributed by atoms with Crippen LogP contribution in [0, 0.1) is 0 Å². The van der Waals surface area contributed by atoms with Crippen LogP contribution >= 0.6 is 0 Å². The Morgan fingerprint density at radius 2 is 2.12 bits per heavy atom. The molecule has 2 aromatic rings. The van der Waals surface area contributed by atoms with Crippen LogP contribution in [0.5, 0.6) is 0 Å². The lowest BCUT2D eigenvalue weighted by Crippen LogP contribution is -2.25. The molecule has 2 aromatic heterocycles. The zero-order valence-electron chi connectivity index (χ0n) is 14.4. The fourth-order valence-corrected chi connectivity index (χ4v) is 2.15. The predicted molar refractivity (Wildman–Crippen MR) is 92.4 cm³/mol. The molecule has 2 heterocycles. The first-order valence-electron chi connectivity index (χ1n) is 7.96. The summed E-state index contributed by atoms with van der Waals surface area (Å²) >= 11 is 0. The maximum absolute atomic E-state index is 12.1. The first-order valence-corrected chi connectivity index (χ1v) is 7.96. The fraction of sp³-hybridized carbons (Fsp3) is 0.412. The van der Waals surface area contributed by atoms with E-state index < -0.39 is 0 Å². The van der Waals surface area contributed by atoms with Gasteiger partial charge in [-0.25, -0.2) is 0 Å². The number of aromatic nitrogens is 4. The Kier molecular flexibility index (Phi) is 6.62. The topological polar surface area (TPSA) is 75.9 Å². The number of rotatable bonds is 8. The molecule has 0 fully saturated rings. The molecule has 0 aliphatic rings. The predicted octanol–water partition coefficient (Wildman–Crippen LogP) is 1.50. The van der Waals surface area contributed by atoms with Crippen molar-refractivity contribution < 1.29 is 4.79 Å². The monoisotopic (exact) mass is 328 g/mol. The van der Waals surface area contributed by atoms with Gasteiger partial charge in [0.15, 0.2) is 5.69 Å². The molecule has 128 valence electrons. The molecule has 7 nitrogen and oxygen atoms in total. The number of pyridine rings is 1. The van der Waals surface area contributed by atoms with E-state index in [1.54, 1.807) is 23.3 Å². The van der Waals surface area contributed by atoms with Crippen LogP contribution in [0.15, 0.2) is 42.4 Å². The van der Waals surface area contributed by atoms with Gasteiger partial charge < -0.3 is 10.2 Å². The van der Waals surface area contributed by atoms with Gasteiger partial charge in [-0.05, 0) is 38.6 Å². The Morgan fingerprint density at radius 1 is 1.38 bits per heavy atom. The maximum atomic E-state index is 12.1. The molecule has 0 bridgehead atoms. The number of nitrogens with one attached hydrogen (secondary N) is 1. The molecule has 7 heteroatoms. The molecule has 0 radical (unpaired) electrons. The van der Waals surface area contributed by atoms with Gasteiger partial charge in [0.2, 0.25) is 0 Å². The lowest BCUT2D eigenvalue weighted by Gasteiger charge is -2.16. The van der Waals surface area contributed by atoms with Crippen molar-refractivity contribution >= 4 is 5.91 Å². The highest BCUT2D eigenvalue weighted by atomic mass is 16.2. The first kappa shape index (κ1) is 17.8. The Bertz CT molecular complexity index is 679. The minimum atomic E-state index is -0.226. The molecule has 0 aliphatic carbocycles. The summed E-state index contributed by atoms with van der Waals surface area (Å²) < 4.78 is 1.70. The third-order valence-corrected chi connectivity index (χ3v) is 3.70. The van der Waals surface area contributed by atoms with Gasteiger partial charge in [0.25, 0.3) is 5.91 Å². The highest BCUT2D eigenvalue weighted by Gasteiger charge is 2.10. The largest absolute Gasteiger partial charge is 0.347 e. The van der Waals surface area contributed by atoms with Crippen LogP contribution < -0.4 is 5.32 Å². The Labute approximate surface area is 142 Å². The van der Waals surface area contributed by atoms with Gasteiger partial charge in [0, 0.05) is 32.0 Å². The molecule has 0 atom stereocenters. The third kappa shape index (κ3) is 5.58. The molecule has 0 saturated carbocycles. The molecule has 0 spiro atoms. The molecule has 24 heavy (non-hydrogen) atoms. The standard InChI is InChI=1S/C17H24N6O/c1-4-14(2)12-22(3)9-10-23-13-16(20-21-23)17(24)19-11-15-5-7-18-8-6-15/h4-8,13H,9-12H2,1-3H3,(H,19,24)/b14-4+. The Morgan fingerprint density at radius 3 is 2.83 bits per heavy atom. The van der Waals surface area contributed by atoms with E-state index in [9.17, 15) is 4.79 Å². The van der Waals surface area contributed by atoms with Crippen molar-refractivity contribution in [2.45, 2.75) is 26.9 Å². The van der Waals surface area contributed by atoms with E-state index in [4.69, 9.17) is 0 Å². The number of hydrogen-bond acceptors (Lipinski definition) is 5. The Hall–Kier alpha value is -2.54. The molecule has 2 rings (SSSR count). The number of amides is 1. The lowest BCUT2D eigenvalue weighted by atomic mass is 10.2. The van der Waals surface area contributed by atoms with Gasteiger partial charge >= 0.3 is 0 Å². The van der Waals surface area contributed by atoms with Crippen LogP contribution in [0.4, 0.5) is 0 Å². The molecule has 0 aliphatic heterocycles. The molecule has 0 unspecified atom stereocenters. The lowest BCUT2D eigenvalue weighted by molar-refractivity contribution is 0.0946. The summed E-state index contributed by atoms with van der Waals surface area (Å²) in [5.41, 5.74) is 2.65. The summed E-state index contributed by atoms with van der Waals surface area (Å²) in [6.45, 7) is 7.05. The SMILES string of the molecule is C/C=C(\C)CN(C)CCn1cc(C(=O)NCc2ccncc2)nn1. The van der Waals surface area contributed by atoms with Gasteiger partial charge in [0.05, 0.1) is 12.7 Å². The molecule has 1 amide bonds. The van der Waals surface area contributed by atoms with E-state index in [0.29, 0.717) is 18.8 Å². The summed E-state index contributed by atoms with van der Waals surface area (Å²) in [5, 5.41) is 10.8. The van der Waals surface area contributed by atoms with E-state index in [0.717, 1.165) is 18.7 Å². The van der Waals surface area contributed by atoms with Crippen LogP contribution in [0.1, 0.15) is 29.9 Å². The molecule has 0 saturated heterocycles. The van der Waals surface area contributed by atoms with Crippen molar-refractivity contribution in [3.8, 4) is 0 Å². The zero-order valence-corrected chi connectivity index (χ0v) is 14.4. The van der Waals surface area contributed by atoms with E-state index in [-0.39, 0.29) is 5.91 Å². The average Bonchev–Trinajstić information content (AvgIpc) is 3.08. The normalized spacial score (nSPS) is 11.8. The van der Waals surface area contributed by atoms with Crippen molar-refractivity contribution in [2.75, 3.05) is 20.1 Å². The second-order valence-corrected chi connectivity index (χ2v) is 5.78. The second-order valence-electron chi connectivity index (χ2n) is 5.78. The average molecular weight is 328 g/mol. The zero-order chi connectivity index (χ0) is 17.4. The van der Waals surface area contributed by atoms with E-state index in [1.165, 1.54) is 5.57 Å². The summed E-state index contributed by atoms with van der Waals surface area (Å²) in [6, 6.07) is 3.72. The van der Waals surface area contributed by atoms with Gasteiger partial charge in [-0.3, -0.25) is 14.5 Å². The molecule has 0 aromatic carbocycles. The van der Waals surface area contributed by atoms with Crippen molar-refractivity contribution in [3.63, 3.8) is 0 Å². The molecular formula is C17H24N6O. The van der Waals surface area contributed by atoms with Crippen LogP contribution in [0.3, 0.4) is 0 Å². The van der Waals surface area contributed by atoms with Gasteiger partial charge in [-0.1, -0.05) is 16.9 Å². The first-order chi connectivity index (χ1) is 11.6. The van der Waals surface area contributed by atoms with E-state index in [1.807, 2.05) is 19.1 Å². The van der Waals surface area contributed by atoms with Gasteiger partial charge in [-0.15, -0.1) is 5.10 Å². The Balaban J connectivity index is 1.80. The summed E-state index contributed by atoms with van der Waals surface area (Å²) in [7, 11) is 2.06. The highest BCUT2D eigenvalue weighted by Crippen LogP contribution is 1.99. The van der Waals surface area contributed by atoms with Crippen molar-refractivity contribution in [1.29, 1.82) is 0 Å². The van der Waals surface area contributed by atoms with Gasteiger partial charge in [-0.2, -0.15) is 0 Å². The number of hydrogen-bond donors (Lipinski definition) is 1. The van der Waals surface area contributed by atoms with Crippen LogP contribution in [0.25, 0.3) is 0 Å². The van der Waals surface area contributed by atoms with Crippen LogP contribution in [0.2, 0.25) is 0 Å². The number of allylic oxidation sites excluding steroid dienone is 1. The number of carbonyl (C=O) groups is 1. The van der Waals surface area contributed by atoms with Crippen molar-refractivity contribution in [1.82, 2.24) is 30.2 Å². The number of nitrogens with zero attached hydrogens (tertiary/aromatic N) is 5. The highest BCUT2D eigenvalue weighted by molar-refractivity contribution is 5.91. The van der Waals surface area contributed by atoms with Crippen LogP contribution in [-0.2, 0) is 13.1 Å². The summed E-state index contributed by atoms with van der Waals surface area (Å²) in [6.07, 6.45) is 7.18. The molecular weight excluding hydrogens is 304 g/mol. The second kappa shape index (κ2) is 8.93. The maximum Gasteiger partial charge on any atom is 0.273 e. The smallest absolute Gasteiger partial charge is 0.273 e. The van der Waals surface area contributed by atoms with Crippen molar-refractivity contribution in [3.05, 3.63) is 53.6 Å². The number of carbonyl (C=O) groups excluding carboxylic acids is 1. The minimum absolute atomic E-state index is 0.226.